The summed E-state index contributed by atoms with van der Waals surface area (Å²) in [4.78, 5) is 0. The summed E-state index contributed by atoms with van der Waals surface area (Å²) in [7, 11) is -12.7. The zero-order valence-electron chi connectivity index (χ0n) is 49.5. The third kappa shape index (κ3) is 43.7. The van der Waals surface area contributed by atoms with E-state index >= 15 is 0 Å². The molecule has 0 aromatic heterocycles. The maximum atomic E-state index is 12.0. The van der Waals surface area contributed by atoms with Gasteiger partial charge in [-0.1, -0.05) is 167 Å². The second-order valence-electron chi connectivity index (χ2n) is 19.4. The normalized spacial score (nSPS) is 14.7. The highest BCUT2D eigenvalue weighted by Gasteiger charge is 2.38. The van der Waals surface area contributed by atoms with Crippen LogP contribution in [-0.2, 0) is 71.5 Å². The number of hydrogen-bond acceptors (Lipinski definition) is 20. The Morgan fingerprint density at radius 2 is 0.641 bits per heavy atom. The van der Waals surface area contributed by atoms with Crippen LogP contribution >= 0.6 is 0 Å². The highest BCUT2D eigenvalue weighted by Crippen LogP contribution is 2.24. The van der Waals surface area contributed by atoms with Crippen molar-refractivity contribution in [3.8, 4) is 0 Å². The molecule has 0 aromatic carbocycles. The molecule has 6 unspecified atom stereocenters. The van der Waals surface area contributed by atoms with Gasteiger partial charge in [-0.3, -0.25) is 20.9 Å². The van der Waals surface area contributed by atoms with E-state index in [2.05, 4.69) is 20.9 Å². The van der Waals surface area contributed by atoms with Gasteiger partial charge < -0.3 is 25.5 Å². The Kier molecular flexibility index (Phi) is 56.6. The molecular weight excluding hydrogens is 1120 g/mol. The number of hydrogen-bond donors (Lipinski definition) is 5. The number of unbranched alkanes of at least 4 members (excludes halogenated alkanes) is 22. The van der Waals surface area contributed by atoms with Gasteiger partial charge in [0, 0.05) is 26.4 Å². The van der Waals surface area contributed by atoms with Crippen molar-refractivity contribution in [2.24, 2.45) is 0 Å². The van der Waals surface area contributed by atoms with Crippen LogP contribution in [-0.4, -0.2) is 162 Å². The number of aliphatic hydroxyl groups is 5. The molecule has 0 fully saturated rings. The first-order valence-electron chi connectivity index (χ1n) is 28.6. The van der Waals surface area contributed by atoms with Crippen LogP contribution in [0.4, 0.5) is 0 Å². The van der Waals surface area contributed by atoms with Gasteiger partial charge in [0.05, 0.1) is 46.9 Å². The van der Waals surface area contributed by atoms with Crippen molar-refractivity contribution in [3.05, 3.63) is 12.2 Å². The van der Waals surface area contributed by atoms with Gasteiger partial charge in [0.2, 0.25) is 0 Å². The van der Waals surface area contributed by atoms with E-state index in [1.165, 1.54) is 27.6 Å². The Balaban J connectivity index is -0.000000471. The minimum absolute atomic E-state index is 0.211. The van der Waals surface area contributed by atoms with Crippen LogP contribution in [0.5, 0.6) is 0 Å². The third-order valence-electron chi connectivity index (χ3n) is 13.5. The van der Waals surface area contributed by atoms with Crippen LogP contribution in [0.3, 0.4) is 0 Å². The summed E-state index contributed by atoms with van der Waals surface area (Å²) in [5.74, 6) is 0. The molecule has 0 radical (unpaired) electrons. The predicted molar refractivity (Wildman–Crippen MR) is 313 cm³/mol. The van der Waals surface area contributed by atoms with Crippen molar-refractivity contribution in [1.29, 1.82) is 0 Å². The quantitative estimate of drug-likeness (QED) is 0.0215. The molecule has 0 heterocycles. The SMILES string of the molecule is C/C=C/C(CCCCCCCCO)S(=O)(=O)OC.CCC(CCCCCCCCCO)S(=O)(=O)OC.CCC(O)C(CCCCCCCCO)S(=O)(=O)OC.COS(=O)(=O)C(C)C(CCCCCCCCCO)S(=O)(=O)OC. The van der Waals surface area contributed by atoms with Crippen LogP contribution in [0.15, 0.2) is 12.2 Å². The van der Waals surface area contributed by atoms with Crippen LogP contribution in [0, 0.1) is 0 Å². The third-order valence-corrected chi connectivity index (χ3v) is 22.4. The number of aliphatic hydroxyl groups excluding tert-OH is 5. The van der Waals surface area contributed by atoms with E-state index in [0.717, 1.165) is 175 Å². The summed E-state index contributed by atoms with van der Waals surface area (Å²) in [5, 5.41) is 40.3. The summed E-state index contributed by atoms with van der Waals surface area (Å²) in [6, 6.07) is 0. The van der Waals surface area contributed by atoms with E-state index in [0.29, 0.717) is 38.5 Å². The lowest BCUT2D eigenvalue weighted by Crippen LogP contribution is -2.38. The molecule has 0 aromatic rings. The average molecular weight is 1230 g/mol. The van der Waals surface area contributed by atoms with E-state index in [4.69, 9.17) is 20.4 Å². The molecule has 20 nitrogen and oxygen atoms in total. The van der Waals surface area contributed by atoms with Crippen molar-refractivity contribution >= 4 is 50.6 Å². The number of rotatable bonds is 49. The lowest BCUT2D eigenvalue weighted by molar-refractivity contribution is 0.154. The largest absolute Gasteiger partial charge is 0.396 e. The molecule has 0 bridgehead atoms. The molecule has 0 spiro atoms. The molecular formula is C53H112O20S5. The Hall–Kier alpha value is -0.910. The lowest BCUT2D eigenvalue weighted by atomic mass is 10.0. The van der Waals surface area contributed by atoms with Crippen molar-refractivity contribution < 1.29 is 88.5 Å². The Bertz CT molecular complexity index is 1930. The van der Waals surface area contributed by atoms with Crippen molar-refractivity contribution in [2.45, 2.75) is 266 Å². The first-order chi connectivity index (χ1) is 36.9. The zero-order valence-corrected chi connectivity index (χ0v) is 53.6. The van der Waals surface area contributed by atoms with Gasteiger partial charge in [-0.15, -0.1) is 0 Å². The molecule has 0 aliphatic heterocycles. The highest BCUT2D eigenvalue weighted by molar-refractivity contribution is 7.91. The molecule has 25 heteroatoms. The summed E-state index contributed by atoms with van der Waals surface area (Å²) in [6.45, 7) is 7.78. The van der Waals surface area contributed by atoms with Crippen LogP contribution in [0.1, 0.15) is 233 Å². The van der Waals surface area contributed by atoms with Crippen molar-refractivity contribution in [1.82, 2.24) is 0 Å². The van der Waals surface area contributed by atoms with Gasteiger partial charge in [0.25, 0.3) is 50.6 Å². The van der Waals surface area contributed by atoms with Gasteiger partial charge in [0.15, 0.2) is 0 Å². The fraction of sp³-hybridized carbons (Fsp3) is 0.962. The molecule has 5 N–H and O–H groups in total. The zero-order chi connectivity index (χ0) is 60.4. The van der Waals surface area contributed by atoms with Gasteiger partial charge in [-0.05, 0) is 78.1 Å². The molecule has 0 saturated carbocycles. The van der Waals surface area contributed by atoms with E-state index in [9.17, 15) is 47.2 Å². The maximum absolute atomic E-state index is 12.0. The summed E-state index contributed by atoms with van der Waals surface area (Å²) in [6.07, 6.45) is 30.9. The van der Waals surface area contributed by atoms with Gasteiger partial charge >= 0.3 is 0 Å². The van der Waals surface area contributed by atoms with Crippen LogP contribution in [0.25, 0.3) is 0 Å². The first kappa shape index (κ1) is 83.5. The molecule has 6 atom stereocenters. The van der Waals surface area contributed by atoms with E-state index in [1.807, 2.05) is 13.8 Å². The lowest BCUT2D eigenvalue weighted by Gasteiger charge is -2.21. The van der Waals surface area contributed by atoms with E-state index < -0.39 is 77.7 Å². The Labute approximate surface area is 476 Å². The molecule has 474 valence electrons. The summed E-state index contributed by atoms with van der Waals surface area (Å²) >= 11 is 0. The van der Waals surface area contributed by atoms with Crippen LogP contribution < -0.4 is 0 Å². The van der Waals surface area contributed by atoms with E-state index in [-0.39, 0.29) is 38.1 Å². The first-order valence-corrected chi connectivity index (χ1v) is 36.0. The fourth-order valence-corrected chi connectivity index (χ4v) is 14.7. The van der Waals surface area contributed by atoms with Gasteiger partial charge in [-0.25, -0.2) is 0 Å². The molecule has 0 saturated heterocycles. The monoisotopic (exact) mass is 1230 g/mol. The van der Waals surface area contributed by atoms with Crippen LogP contribution in [0.2, 0.25) is 0 Å². The minimum Gasteiger partial charge on any atom is -0.396 e. The Morgan fingerprint density at radius 3 is 0.936 bits per heavy atom. The molecule has 78 heavy (non-hydrogen) atoms. The molecule has 0 aliphatic carbocycles. The molecule has 0 aliphatic rings. The van der Waals surface area contributed by atoms with E-state index in [1.54, 1.807) is 19.1 Å². The minimum atomic E-state index is -3.94. The molecule has 0 amide bonds. The standard InChI is InChI=1S/C14H30O7S2.C13H28O5S.C13H28O4S.C13H26O4S/c1-13(22(16,17)20-2)14(23(18,19)21-3)11-9-7-5-4-6-8-10-12-15;1-3-12(15)13(19(16,17)18-2)10-8-6-4-5-7-9-11-14;1-3-13(18(15,16)17-2)11-9-7-5-4-6-8-10-12-14;1-3-10-13(18(15,16)17-2)11-8-6-4-5-7-9-12-14/h13-15H,4-12H2,1-3H3;12-15H,3-11H2,1-2H3;13-14H,3-12H2,1-2H3;3,10,13-14H,4-9,11-12H2,1-2H3/b;;;10-3+. The van der Waals surface area contributed by atoms with Crippen molar-refractivity contribution in [3.63, 3.8) is 0 Å². The molecule has 0 rings (SSSR count). The number of allylic oxidation sites excluding steroid dienone is 1. The fourth-order valence-electron chi connectivity index (χ4n) is 8.39. The van der Waals surface area contributed by atoms with Gasteiger partial charge in [0.1, 0.15) is 21.0 Å². The predicted octanol–water partition coefficient (Wildman–Crippen LogP) is 9.12. The summed E-state index contributed by atoms with van der Waals surface area (Å²) < 4.78 is 140. The van der Waals surface area contributed by atoms with Gasteiger partial charge in [-0.2, -0.15) is 42.1 Å². The summed E-state index contributed by atoms with van der Waals surface area (Å²) in [5.41, 5.74) is 0. The second kappa shape index (κ2) is 52.9. The highest BCUT2D eigenvalue weighted by atomic mass is 32.2. The van der Waals surface area contributed by atoms with Crippen molar-refractivity contribution in [2.75, 3.05) is 62.0 Å². The average Bonchev–Trinajstić information content (AvgIpc) is 3.42. The topological polar surface area (TPSA) is 318 Å². The maximum Gasteiger partial charge on any atom is 0.273 e. The Morgan fingerprint density at radius 1 is 0.359 bits per heavy atom. The smallest absolute Gasteiger partial charge is 0.273 e. The second-order valence-corrected chi connectivity index (χ2v) is 29.2.